The number of hydrogen-bond acceptors (Lipinski definition) is 6. The number of benzene rings is 2. The molecule has 2 N–H and O–H groups in total. The highest BCUT2D eigenvalue weighted by atomic mass is 35.5. The van der Waals surface area contributed by atoms with Gasteiger partial charge in [-0.15, -0.1) is 0 Å². The van der Waals surface area contributed by atoms with Crippen molar-refractivity contribution in [3.63, 3.8) is 0 Å². The number of rotatable bonds is 5. The Kier molecular flexibility index (Phi) is 6.92. The molecule has 1 fully saturated rings. The molecule has 0 radical (unpaired) electrons. The average molecular weight is 467 g/mol. The fraction of sp³-hybridized carbons (Fsp3) is 0.286. The van der Waals surface area contributed by atoms with Crippen LogP contribution < -0.4 is 10.1 Å². The van der Waals surface area contributed by atoms with E-state index in [0.717, 1.165) is 26.4 Å². The molecule has 0 unspecified atom stereocenters. The molecule has 0 atom stereocenters. The highest BCUT2D eigenvalue weighted by Gasteiger charge is 2.28. The molecule has 2 amide bonds. The van der Waals surface area contributed by atoms with Crippen LogP contribution in [0.1, 0.15) is 29.6 Å². The number of esters is 1. The first-order valence-corrected chi connectivity index (χ1v) is 10.1. The molecule has 0 bridgehead atoms. The van der Waals surface area contributed by atoms with Gasteiger partial charge in [-0.3, -0.25) is 9.59 Å². The molecule has 0 aliphatic heterocycles. The highest BCUT2D eigenvalue weighted by molar-refractivity contribution is 6.39. The summed E-state index contributed by atoms with van der Waals surface area (Å²) in [5.41, 5.74) is 0.266. The highest BCUT2D eigenvalue weighted by Crippen LogP contribution is 2.40. The second kappa shape index (κ2) is 9.45. The number of nitrogens with one attached hydrogen (secondary N) is 1. The van der Waals surface area contributed by atoms with Crippen molar-refractivity contribution in [2.75, 3.05) is 19.5 Å². The third kappa shape index (κ3) is 5.03. The van der Waals surface area contributed by atoms with Crippen LogP contribution in [-0.2, 0) is 14.3 Å². The van der Waals surface area contributed by atoms with E-state index >= 15 is 0 Å². The van der Waals surface area contributed by atoms with Gasteiger partial charge in [0, 0.05) is 18.8 Å². The molecule has 1 aliphatic carbocycles. The summed E-state index contributed by atoms with van der Waals surface area (Å²) >= 11 is 12.5. The first kappa shape index (κ1) is 22.7. The summed E-state index contributed by atoms with van der Waals surface area (Å²) in [6.45, 7) is 0. The Balaban J connectivity index is 1.81. The van der Waals surface area contributed by atoms with Gasteiger partial charge in [-0.05, 0) is 49.6 Å². The molecule has 3 rings (SSSR count). The third-order valence-electron chi connectivity index (χ3n) is 4.99. The number of anilines is 1. The molecule has 0 heterocycles. The average Bonchev–Trinajstić information content (AvgIpc) is 2.69. The van der Waals surface area contributed by atoms with E-state index in [1.165, 1.54) is 30.3 Å². The number of ether oxygens (including phenoxy) is 2. The van der Waals surface area contributed by atoms with Gasteiger partial charge in [0.15, 0.2) is 5.75 Å². The van der Waals surface area contributed by atoms with Crippen molar-refractivity contribution in [3.05, 3.63) is 45.9 Å². The van der Waals surface area contributed by atoms with E-state index < -0.39 is 11.9 Å². The molecule has 2 aromatic rings. The fourth-order valence-corrected chi connectivity index (χ4v) is 3.57. The lowest BCUT2D eigenvalue weighted by molar-refractivity contribution is -0.150. The molecule has 0 spiro atoms. The first-order valence-electron chi connectivity index (χ1n) is 9.37. The van der Waals surface area contributed by atoms with Crippen LogP contribution in [0.15, 0.2) is 30.3 Å². The number of methoxy groups -OCH3 is 1. The molecule has 164 valence electrons. The Labute approximate surface area is 188 Å². The van der Waals surface area contributed by atoms with Gasteiger partial charge < -0.3 is 24.8 Å². The predicted octanol–water partition coefficient (Wildman–Crippen LogP) is 4.23. The second-order valence-corrected chi connectivity index (χ2v) is 7.81. The standard InChI is InChI=1S/C21H20Cl2N2O6/c1-25(12-4-3-5-12)20(28)14-10-13(6-7-17(14)26)31-18-15(22)8-11(9-16(18)23)24-19(27)21(29)30-2/h6-10,12,26H,3-5H2,1-2H3,(H,24,27). The van der Waals surface area contributed by atoms with Crippen LogP contribution in [0.3, 0.4) is 0 Å². The minimum atomic E-state index is -1.07. The molecule has 31 heavy (non-hydrogen) atoms. The quantitative estimate of drug-likeness (QED) is 0.504. The SMILES string of the molecule is COC(=O)C(=O)Nc1cc(Cl)c(Oc2ccc(O)c(C(=O)N(C)C3CCC3)c2)c(Cl)c1. The van der Waals surface area contributed by atoms with Gasteiger partial charge in [0.1, 0.15) is 11.5 Å². The zero-order valence-electron chi connectivity index (χ0n) is 16.8. The Morgan fingerprint density at radius 2 is 1.77 bits per heavy atom. The smallest absolute Gasteiger partial charge is 0.396 e. The Hall–Kier alpha value is -2.97. The lowest BCUT2D eigenvalue weighted by atomic mass is 9.91. The number of phenols is 1. The van der Waals surface area contributed by atoms with Crippen molar-refractivity contribution >= 4 is 46.7 Å². The van der Waals surface area contributed by atoms with Crippen LogP contribution >= 0.6 is 23.2 Å². The number of hydrogen-bond donors (Lipinski definition) is 2. The topological polar surface area (TPSA) is 105 Å². The largest absolute Gasteiger partial charge is 0.507 e. The molecule has 0 saturated heterocycles. The minimum absolute atomic E-state index is 0.0557. The maximum Gasteiger partial charge on any atom is 0.396 e. The van der Waals surface area contributed by atoms with Crippen LogP contribution in [0.5, 0.6) is 17.2 Å². The molecule has 0 aromatic heterocycles. The lowest BCUT2D eigenvalue weighted by Gasteiger charge is -2.34. The number of carbonyl (C=O) groups is 3. The van der Waals surface area contributed by atoms with Gasteiger partial charge in [-0.2, -0.15) is 0 Å². The van der Waals surface area contributed by atoms with Crippen LogP contribution in [0.2, 0.25) is 10.0 Å². The molecule has 1 saturated carbocycles. The van der Waals surface area contributed by atoms with Crippen molar-refractivity contribution in [1.82, 2.24) is 4.90 Å². The molecule has 1 aliphatic rings. The summed E-state index contributed by atoms with van der Waals surface area (Å²) in [4.78, 5) is 37.2. The van der Waals surface area contributed by atoms with E-state index in [9.17, 15) is 19.5 Å². The summed E-state index contributed by atoms with van der Waals surface area (Å²) in [7, 11) is 2.79. The summed E-state index contributed by atoms with van der Waals surface area (Å²) in [5.74, 6) is -2.22. The van der Waals surface area contributed by atoms with Crippen molar-refractivity contribution in [2.45, 2.75) is 25.3 Å². The Bertz CT molecular complexity index is 1020. The van der Waals surface area contributed by atoms with E-state index in [0.29, 0.717) is 0 Å². The van der Waals surface area contributed by atoms with Crippen LogP contribution in [-0.4, -0.2) is 48.0 Å². The number of nitrogens with zero attached hydrogens (tertiary/aromatic N) is 1. The summed E-state index contributed by atoms with van der Waals surface area (Å²) < 4.78 is 10.1. The van der Waals surface area contributed by atoms with Crippen LogP contribution in [0, 0.1) is 0 Å². The summed E-state index contributed by atoms with van der Waals surface area (Å²) in [5, 5.41) is 12.6. The number of phenolic OH excluding ortho intramolecular Hbond substituents is 1. The number of carbonyl (C=O) groups excluding carboxylic acids is 3. The van der Waals surface area contributed by atoms with Crippen molar-refractivity contribution in [3.8, 4) is 17.2 Å². The predicted molar refractivity (Wildman–Crippen MR) is 115 cm³/mol. The van der Waals surface area contributed by atoms with Gasteiger partial charge in [0.25, 0.3) is 5.91 Å². The molecule has 8 nitrogen and oxygen atoms in total. The van der Waals surface area contributed by atoms with Crippen molar-refractivity contribution < 1.29 is 29.0 Å². The normalized spacial score (nSPS) is 13.2. The Morgan fingerprint density at radius 1 is 1.13 bits per heavy atom. The number of halogens is 2. The molecule has 2 aromatic carbocycles. The Morgan fingerprint density at radius 3 is 2.32 bits per heavy atom. The van der Waals surface area contributed by atoms with E-state index in [1.807, 2.05) is 0 Å². The first-order chi connectivity index (χ1) is 14.7. The maximum absolute atomic E-state index is 12.7. The zero-order chi connectivity index (χ0) is 22.7. The van der Waals surface area contributed by atoms with Crippen LogP contribution in [0.4, 0.5) is 5.69 Å². The lowest BCUT2D eigenvalue weighted by Crippen LogP contribution is -2.41. The number of amides is 2. The zero-order valence-corrected chi connectivity index (χ0v) is 18.3. The summed E-state index contributed by atoms with van der Waals surface area (Å²) in [6.07, 6.45) is 2.94. The van der Waals surface area contributed by atoms with Crippen molar-refractivity contribution in [2.24, 2.45) is 0 Å². The van der Waals surface area contributed by atoms with Gasteiger partial charge >= 0.3 is 11.9 Å². The van der Waals surface area contributed by atoms with E-state index in [2.05, 4.69) is 10.1 Å². The van der Waals surface area contributed by atoms with Gasteiger partial charge in [0.05, 0.1) is 22.7 Å². The maximum atomic E-state index is 12.7. The second-order valence-electron chi connectivity index (χ2n) is 7.00. The van der Waals surface area contributed by atoms with E-state index in [-0.39, 0.29) is 50.5 Å². The minimum Gasteiger partial charge on any atom is -0.507 e. The molecular formula is C21H20Cl2N2O6. The van der Waals surface area contributed by atoms with E-state index in [1.54, 1.807) is 11.9 Å². The fourth-order valence-electron chi connectivity index (χ4n) is 3.00. The molecular weight excluding hydrogens is 447 g/mol. The van der Waals surface area contributed by atoms with Crippen LogP contribution in [0.25, 0.3) is 0 Å². The molecule has 10 heteroatoms. The van der Waals surface area contributed by atoms with Gasteiger partial charge in [-0.25, -0.2) is 4.79 Å². The van der Waals surface area contributed by atoms with Gasteiger partial charge in [-0.1, -0.05) is 23.2 Å². The monoisotopic (exact) mass is 466 g/mol. The third-order valence-corrected chi connectivity index (χ3v) is 5.55. The van der Waals surface area contributed by atoms with E-state index in [4.69, 9.17) is 27.9 Å². The van der Waals surface area contributed by atoms with Gasteiger partial charge in [0.2, 0.25) is 0 Å². The summed E-state index contributed by atoms with van der Waals surface area (Å²) in [6, 6.07) is 7.08. The number of aromatic hydroxyl groups is 1. The van der Waals surface area contributed by atoms with Crippen molar-refractivity contribution in [1.29, 1.82) is 0 Å².